The van der Waals surface area contributed by atoms with Crippen molar-refractivity contribution in [2.75, 3.05) is 6.54 Å². The highest BCUT2D eigenvalue weighted by Crippen LogP contribution is 2.45. The molecule has 3 aliphatic heterocycles. The molecule has 0 aromatic carbocycles. The molecule has 3 fully saturated rings. The predicted octanol–water partition coefficient (Wildman–Crippen LogP) is -0.383. The number of hydrogen-bond acceptors (Lipinski definition) is 5. The zero-order chi connectivity index (χ0) is 14.9. The summed E-state index contributed by atoms with van der Waals surface area (Å²) in [6.45, 7) is 5.70. The Hall–Kier alpha value is -0.890. The van der Waals surface area contributed by atoms with Crippen LogP contribution in [0.25, 0.3) is 0 Å². The fourth-order valence-corrected chi connectivity index (χ4v) is 3.63. The predicted molar refractivity (Wildman–Crippen MR) is 76.1 cm³/mol. The number of nitrogens with two attached hydrogens (primary N) is 1. The highest BCUT2D eigenvalue weighted by molar-refractivity contribution is 5.94. The number of piperazine rings is 1. The van der Waals surface area contributed by atoms with E-state index in [9.17, 15) is 14.7 Å². The number of carbonyl (C=O) groups is 2. The van der Waals surface area contributed by atoms with Crippen molar-refractivity contribution in [2.24, 2.45) is 11.7 Å². The summed E-state index contributed by atoms with van der Waals surface area (Å²) in [5.41, 5.74) is 4.26. The van der Waals surface area contributed by atoms with Crippen LogP contribution in [0.1, 0.15) is 33.6 Å². The Morgan fingerprint density at radius 2 is 2.05 bits per heavy atom. The summed E-state index contributed by atoms with van der Waals surface area (Å²) < 4.78 is 5.51. The van der Waals surface area contributed by atoms with Crippen molar-refractivity contribution in [3.05, 3.63) is 0 Å². The van der Waals surface area contributed by atoms with Gasteiger partial charge in [-0.1, -0.05) is 13.8 Å². The van der Waals surface area contributed by atoms with E-state index in [1.807, 2.05) is 13.8 Å². The number of ether oxygens (including phenoxy) is 1. The van der Waals surface area contributed by atoms with Gasteiger partial charge >= 0.3 is 0 Å². The SMILES string of the molecule is CC(C)[C@H]1C(=O)N2CCC[C@H]2[C@]2(O)O[C@@](C)(N)C(=O)N12.Cl. The van der Waals surface area contributed by atoms with E-state index in [2.05, 4.69) is 0 Å². The molecule has 0 aliphatic carbocycles. The van der Waals surface area contributed by atoms with Gasteiger partial charge in [-0.25, -0.2) is 0 Å². The fourth-order valence-electron chi connectivity index (χ4n) is 3.63. The zero-order valence-electron chi connectivity index (χ0n) is 12.4. The first-order valence-electron chi connectivity index (χ1n) is 7.06. The molecule has 3 heterocycles. The topological polar surface area (TPSA) is 96.1 Å². The van der Waals surface area contributed by atoms with Crippen LogP contribution in [-0.4, -0.2) is 57.0 Å². The average molecular weight is 320 g/mol. The molecule has 120 valence electrons. The van der Waals surface area contributed by atoms with E-state index in [4.69, 9.17) is 10.5 Å². The van der Waals surface area contributed by atoms with Gasteiger partial charge in [0.25, 0.3) is 11.8 Å². The normalized spacial score (nSPS) is 42.2. The van der Waals surface area contributed by atoms with Crippen LogP contribution >= 0.6 is 12.4 Å². The molecule has 3 N–H and O–H groups in total. The summed E-state index contributed by atoms with van der Waals surface area (Å²) >= 11 is 0. The fraction of sp³-hybridized carbons (Fsp3) is 0.846. The second kappa shape index (κ2) is 4.81. The third kappa shape index (κ3) is 1.98. The van der Waals surface area contributed by atoms with E-state index >= 15 is 0 Å². The van der Waals surface area contributed by atoms with Crippen LogP contribution in [0.15, 0.2) is 0 Å². The largest absolute Gasteiger partial charge is 0.347 e. The number of halogens is 1. The first-order valence-corrected chi connectivity index (χ1v) is 7.06. The van der Waals surface area contributed by atoms with Crippen LogP contribution in [0.4, 0.5) is 0 Å². The van der Waals surface area contributed by atoms with E-state index in [1.54, 1.807) is 4.90 Å². The van der Waals surface area contributed by atoms with Crippen LogP contribution in [0.5, 0.6) is 0 Å². The molecule has 2 amide bonds. The number of hydrogen-bond donors (Lipinski definition) is 2. The standard InChI is InChI=1S/C13H21N3O4.ClH/c1-7(2)9-10(17)15-6-4-5-8(15)13(19)16(9)11(18)12(3,14)20-13;/h7-9,19H,4-6,14H2,1-3H3;1H/t8-,9-,12+,13-;/m0./s1. The maximum absolute atomic E-state index is 12.6. The summed E-state index contributed by atoms with van der Waals surface area (Å²) in [6, 6.07) is -1.26. The molecule has 3 saturated heterocycles. The van der Waals surface area contributed by atoms with E-state index in [0.29, 0.717) is 13.0 Å². The lowest BCUT2D eigenvalue weighted by Crippen LogP contribution is -2.72. The van der Waals surface area contributed by atoms with Crippen LogP contribution in [0.3, 0.4) is 0 Å². The maximum atomic E-state index is 12.6. The first kappa shape index (κ1) is 16.5. The Morgan fingerprint density at radius 1 is 1.43 bits per heavy atom. The van der Waals surface area contributed by atoms with Gasteiger partial charge in [-0.3, -0.25) is 20.2 Å². The van der Waals surface area contributed by atoms with Gasteiger partial charge in [0, 0.05) is 6.54 Å². The second-order valence-corrected chi connectivity index (χ2v) is 6.42. The summed E-state index contributed by atoms with van der Waals surface area (Å²) in [5, 5.41) is 10.9. The number of aliphatic hydroxyl groups is 1. The van der Waals surface area contributed by atoms with Gasteiger partial charge in [-0.05, 0) is 25.7 Å². The third-order valence-electron chi connectivity index (χ3n) is 4.48. The molecule has 21 heavy (non-hydrogen) atoms. The summed E-state index contributed by atoms with van der Waals surface area (Å²) in [5.74, 6) is -2.59. The van der Waals surface area contributed by atoms with Crippen molar-refractivity contribution in [1.82, 2.24) is 9.80 Å². The molecule has 3 aliphatic rings. The highest BCUT2D eigenvalue weighted by Gasteiger charge is 2.68. The molecule has 0 aromatic rings. The third-order valence-corrected chi connectivity index (χ3v) is 4.48. The zero-order valence-corrected chi connectivity index (χ0v) is 13.2. The highest BCUT2D eigenvalue weighted by atomic mass is 35.5. The van der Waals surface area contributed by atoms with Gasteiger partial charge in [0.05, 0.1) is 0 Å². The molecule has 0 spiro atoms. The summed E-state index contributed by atoms with van der Waals surface area (Å²) in [6.07, 6.45) is 1.39. The van der Waals surface area contributed by atoms with Crippen molar-refractivity contribution in [3.63, 3.8) is 0 Å². The molecular formula is C13H22ClN3O4. The van der Waals surface area contributed by atoms with E-state index in [1.165, 1.54) is 11.8 Å². The monoisotopic (exact) mass is 319 g/mol. The number of nitrogens with zero attached hydrogens (tertiary/aromatic N) is 2. The lowest BCUT2D eigenvalue weighted by atomic mass is 9.94. The van der Waals surface area contributed by atoms with Gasteiger partial charge in [0.15, 0.2) is 5.72 Å². The minimum Gasteiger partial charge on any atom is -0.347 e. The maximum Gasteiger partial charge on any atom is 0.275 e. The molecule has 4 atom stereocenters. The number of amides is 2. The average Bonchev–Trinajstić information content (AvgIpc) is 2.87. The smallest absolute Gasteiger partial charge is 0.275 e. The molecule has 8 heteroatoms. The number of carbonyl (C=O) groups excluding carboxylic acids is 2. The van der Waals surface area contributed by atoms with Crippen molar-refractivity contribution in [1.29, 1.82) is 0 Å². The van der Waals surface area contributed by atoms with Gasteiger partial charge < -0.3 is 14.7 Å². The second-order valence-electron chi connectivity index (χ2n) is 6.42. The van der Waals surface area contributed by atoms with Crippen LogP contribution < -0.4 is 5.73 Å². The molecule has 0 saturated carbocycles. The summed E-state index contributed by atoms with van der Waals surface area (Å²) in [4.78, 5) is 27.9. The van der Waals surface area contributed by atoms with Crippen LogP contribution in [0, 0.1) is 5.92 Å². The summed E-state index contributed by atoms with van der Waals surface area (Å²) in [7, 11) is 0. The molecule has 0 unspecified atom stereocenters. The number of rotatable bonds is 1. The van der Waals surface area contributed by atoms with Crippen molar-refractivity contribution < 1.29 is 19.4 Å². The lowest BCUT2D eigenvalue weighted by molar-refractivity contribution is -0.314. The van der Waals surface area contributed by atoms with Crippen LogP contribution in [-0.2, 0) is 14.3 Å². The Balaban J connectivity index is 0.00000161. The van der Waals surface area contributed by atoms with Gasteiger partial charge in [0.2, 0.25) is 5.91 Å². The Kier molecular flexibility index (Phi) is 3.77. The molecular weight excluding hydrogens is 298 g/mol. The van der Waals surface area contributed by atoms with Gasteiger partial charge in [-0.15, -0.1) is 12.4 Å². The minimum atomic E-state index is -1.81. The molecule has 7 nitrogen and oxygen atoms in total. The van der Waals surface area contributed by atoms with Crippen LogP contribution in [0.2, 0.25) is 0 Å². The Labute approximate surface area is 129 Å². The minimum absolute atomic E-state index is 0. The molecule has 0 aromatic heterocycles. The van der Waals surface area contributed by atoms with E-state index < -0.39 is 29.6 Å². The van der Waals surface area contributed by atoms with Gasteiger partial charge in [-0.2, -0.15) is 0 Å². The quantitative estimate of drug-likeness (QED) is 0.686. The van der Waals surface area contributed by atoms with Gasteiger partial charge in [0.1, 0.15) is 12.1 Å². The lowest BCUT2D eigenvalue weighted by Gasteiger charge is -2.49. The van der Waals surface area contributed by atoms with Crippen molar-refractivity contribution >= 4 is 24.2 Å². The molecule has 3 rings (SSSR count). The Bertz CT molecular complexity index is 484. The first-order chi connectivity index (χ1) is 9.20. The Morgan fingerprint density at radius 3 is 2.62 bits per heavy atom. The number of fused-ring (bicyclic) bond motifs is 3. The van der Waals surface area contributed by atoms with Crippen molar-refractivity contribution in [2.45, 2.75) is 57.3 Å². The van der Waals surface area contributed by atoms with E-state index in [-0.39, 0.29) is 24.2 Å². The van der Waals surface area contributed by atoms with Crippen molar-refractivity contribution in [3.8, 4) is 0 Å². The molecule has 0 radical (unpaired) electrons. The molecule has 0 bridgehead atoms. The van der Waals surface area contributed by atoms with E-state index in [0.717, 1.165) is 6.42 Å².